The van der Waals surface area contributed by atoms with Crippen molar-refractivity contribution < 1.29 is 32.2 Å². The van der Waals surface area contributed by atoms with E-state index in [1.807, 2.05) is 51.1 Å². The number of sulfonamides is 1. The molecule has 4 aromatic rings. The SMILES string of the molecule is COc1ccc(S(=O)(=O)N(CC(=O)N(Cc2ccc(Cl)c(Cl)c2)[C@@H](Cc2ccccc2)C(=O)NC(C)(C)C)c2cc(Cl)ccc2OC)cc1OC. The Bertz CT molecular complexity index is 1970. The van der Waals surface area contributed by atoms with E-state index in [0.29, 0.717) is 16.3 Å². The van der Waals surface area contributed by atoms with E-state index in [-0.39, 0.29) is 45.1 Å². The number of carbonyl (C=O) groups excluding carboxylic acids is 2. The fraction of sp³-hybridized carbons (Fsp3) is 0.297. The average molecular weight is 777 g/mol. The summed E-state index contributed by atoms with van der Waals surface area (Å²) in [6, 6.07) is 21.5. The Labute approximate surface area is 314 Å². The monoisotopic (exact) mass is 775 g/mol. The first-order chi connectivity index (χ1) is 24.1. The normalized spacial score (nSPS) is 12.1. The number of hydrogen-bond acceptors (Lipinski definition) is 7. The highest BCUT2D eigenvalue weighted by Crippen LogP contribution is 2.37. The Morgan fingerprint density at radius 2 is 1.41 bits per heavy atom. The quantitative estimate of drug-likeness (QED) is 0.142. The molecule has 51 heavy (non-hydrogen) atoms. The first kappa shape index (κ1) is 39.6. The number of carbonyl (C=O) groups is 2. The summed E-state index contributed by atoms with van der Waals surface area (Å²) in [6.07, 6.45) is 0.124. The highest BCUT2D eigenvalue weighted by Gasteiger charge is 2.37. The number of hydrogen-bond donors (Lipinski definition) is 1. The topological polar surface area (TPSA) is 114 Å². The molecule has 0 aromatic heterocycles. The predicted octanol–water partition coefficient (Wildman–Crippen LogP) is 7.42. The van der Waals surface area contributed by atoms with Gasteiger partial charge in [0.2, 0.25) is 11.8 Å². The molecule has 10 nitrogen and oxygen atoms in total. The van der Waals surface area contributed by atoms with E-state index in [2.05, 4.69) is 5.32 Å². The number of halogens is 3. The Hall–Kier alpha value is -4.16. The maximum Gasteiger partial charge on any atom is 0.265 e. The number of nitrogens with one attached hydrogen (secondary N) is 1. The number of amides is 2. The van der Waals surface area contributed by atoms with Crippen LogP contribution in [0.5, 0.6) is 17.2 Å². The van der Waals surface area contributed by atoms with Crippen molar-refractivity contribution >= 4 is 62.3 Å². The van der Waals surface area contributed by atoms with Gasteiger partial charge in [-0.05, 0) is 74.4 Å². The lowest BCUT2D eigenvalue weighted by atomic mass is 10.0. The summed E-state index contributed by atoms with van der Waals surface area (Å²) in [7, 11) is -0.352. The van der Waals surface area contributed by atoms with Gasteiger partial charge in [-0.25, -0.2) is 8.42 Å². The molecule has 14 heteroatoms. The van der Waals surface area contributed by atoms with E-state index >= 15 is 0 Å². The van der Waals surface area contributed by atoms with Crippen LogP contribution >= 0.6 is 34.8 Å². The van der Waals surface area contributed by atoms with Gasteiger partial charge in [0.05, 0.1) is 42.0 Å². The minimum atomic E-state index is -4.54. The molecule has 1 atom stereocenters. The summed E-state index contributed by atoms with van der Waals surface area (Å²) in [5.74, 6) is -0.531. The summed E-state index contributed by atoms with van der Waals surface area (Å²) >= 11 is 19.0. The molecule has 4 rings (SSSR count). The van der Waals surface area contributed by atoms with E-state index in [0.717, 1.165) is 9.87 Å². The van der Waals surface area contributed by atoms with Gasteiger partial charge in [-0.3, -0.25) is 13.9 Å². The first-order valence-corrected chi connectivity index (χ1v) is 18.3. The Morgan fingerprint density at radius 3 is 2.02 bits per heavy atom. The zero-order valence-electron chi connectivity index (χ0n) is 29.1. The molecule has 0 saturated heterocycles. The van der Waals surface area contributed by atoms with E-state index in [1.165, 1.54) is 62.6 Å². The molecular weight excluding hydrogens is 737 g/mol. The number of ether oxygens (including phenoxy) is 3. The van der Waals surface area contributed by atoms with E-state index in [9.17, 15) is 18.0 Å². The molecule has 0 aliphatic carbocycles. The molecule has 0 saturated carbocycles. The lowest BCUT2D eigenvalue weighted by molar-refractivity contribution is -0.140. The van der Waals surface area contributed by atoms with Crippen molar-refractivity contribution in [3.05, 3.63) is 111 Å². The molecule has 0 radical (unpaired) electrons. The molecule has 1 N–H and O–H groups in total. The third-order valence-electron chi connectivity index (χ3n) is 7.74. The lowest BCUT2D eigenvalue weighted by Gasteiger charge is -2.35. The number of rotatable bonds is 14. The van der Waals surface area contributed by atoms with Crippen LogP contribution in [0.15, 0.2) is 89.8 Å². The second-order valence-electron chi connectivity index (χ2n) is 12.6. The molecule has 0 aliphatic rings. The predicted molar refractivity (Wildman–Crippen MR) is 201 cm³/mol. The highest BCUT2D eigenvalue weighted by atomic mass is 35.5. The summed E-state index contributed by atoms with van der Waals surface area (Å²) in [5, 5.41) is 3.76. The van der Waals surface area contributed by atoms with Crippen molar-refractivity contribution in [1.82, 2.24) is 10.2 Å². The van der Waals surface area contributed by atoms with Crippen molar-refractivity contribution in [2.45, 2.75) is 50.2 Å². The number of methoxy groups -OCH3 is 3. The van der Waals surface area contributed by atoms with Crippen LogP contribution in [0, 0.1) is 0 Å². The van der Waals surface area contributed by atoms with E-state index in [4.69, 9.17) is 49.0 Å². The molecule has 0 unspecified atom stereocenters. The number of benzene rings is 4. The van der Waals surface area contributed by atoms with Crippen molar-refractivity contribution in [1.29, 1.82) is 0 Å². The molecule has 0 aliphatic heterocycles. The van der Waals surface area contributed by atoms with Gasteiger partial charge >= 0.3 is 0 Å². The lowest BCUT2D eigenvalue weighted by Crippen LogP contribution is -2.56. The van der Waals surface area contributed by atoms with Crippen molar-refractivity contribution in [3.63, 3.8) is 0 Å². The number of nitrogens with zero attached hydrogens (tertiary/aromatic N) is 2. The van der Waals surface area contributed by atoms with Gasteiger partial charge in [-0.15, -0.1) is 0 Å². The van der Waals surface area contributed by atoms with Crippen LogP contribution < -0.4 is 23.8 Å². The molecule has 0 spiro atoms. The van der Waals surface area contributed by atoms with Crippen LogP contribution in [-0.2, 0) is 32.6 Å². The highest BCUT2D eigenvalue weighted by molar-refractivity contribution is 7.92. The van der Waals surface area contributed by atoms with Crippen molar-refractivity contribution in [2.75, 3.05) is 32.2 Å². The van der Waals surface area contributed by atoms with Crippen molar-refractivity contribution in [2.24, 2.45) is 0 Å². The zero-order chi connectivity index (χ0) is 37.5. The summed E-state index contributed by atoms with van der Waals surface area (Å²) in [5.41, 5.74) is 0.696. The van der Waals surface area contributed by atoms with E-state index in [1.54, 1.807) is 18.2 Å². The average Bonchev–Trinajstić information content (AvgIpc) is 3.09. The molecule has 4 aromatic carbocycles. The molecule has 2 amide bonds. The minimum absolute atomic E-state index is 0.00127. The standard InChI is InChI=1S/C37H40Cl3N3O7S/c1-37(2,3)41-36(45)31(19-24-10-8-7-9-11-24)42(22-25-12-15-28(39)29(40)18-25)35(44)23-43(30-20-26(38)13-16-32(30)48-4)51(46,47)27-14-17-33(49-5)34(21-27)50-6/h7-18,20-21,31H,19,22-23H2,1-6H3,(H,41,45)/t31-/m0/s1. The molecular formula is C37H40Cl3N3O7S. The summed E-state index contributed by atoms with van der Waals surface area (Å²) in [6.45, 7) is 4.64. The van der Waals surface area contributed by atoms with E-state index < -0.39 is 40.0 Å². The minimum Gasteiger partial charge on any atom is -0.495 e. The fourth-order valence-corrected chi connectivity index (χ4v) is 7.24. The Morgan fingerprint density at radius 1 is 0.765 bits per heavy atom. The van der Waals surface area contributed by atoms with Gasteiger partial charge in [0, 0.05) is 29.6 Å². The third kappa shape index (κ3) is 10.0. The van der Waals surface area contributed by atoms with Gasteiger partial charge in [0.25, 0.3) is 10.0 Å². The van der Waals surface area contributed by atoms with Crippen LogP contribution in [0.1, 0.15) is 31.9 Å². The van der Waals surface area contributed by atoms with Crippen molar-refractivity contribution in [3.8, 4) is 17.2 Å². The third-order valence-corrected chi connectivity index (χ3v) is 10.5. The van der Waals surface area contributed by atoms with Crippen LogP contribution in [0.2, 0.25) is 15.1 Å². The summed E-state index contributed by atoms with van der Waals surface area (Å²) < 4.78 is 46.4. The maximum atomic E-state index is 14.8. The second-order valence-corrected chi connectivity index (χ2v) is 15.7. The van der Waals surface area contributed by atoms with Crippen LogP contribution in [-0.4, -0.2) is 64.6 Å². The maximum absolute atomic E-state index is 14.8. The van der Waals surface area contributed by atoms with Gasteiger partial charge < -0.3 is 24.4 Å². The van der Waals surface area contributed by atoms with Gasteiger partial charge in [-0.2, -0.15) is 0 Å². The first-order valence-electron chi connectivity index (χ1n) is 15.8. The second kappa shape index (κ2) is 16.9. The van der Waals surface area contributed by atoms with Crippen LogP contribution in [0.4, 0.5) is 5.69 Å². The number of anilines is 1. The zero-order valence-corrected chi connectivity index (χ0v) is 32.2. The van der Waals surface area contributed by atoms with Gasteiger partial charge in [0.15, 0.2) is 11.5 Å². The van der Waals surface area contributed by atoms with Crippen LogP contribution in [0.25, 0.3) is 0 Å². The smallest absolute Gasteiger partial charge is 0.265 e. The molecule has 0 bridgehead atoms. The fourth-order valence-electron chi connectivity index (χ4n) is 5.32. The van der Waals surface area contributed by atoms with Crippen LogP contribution in [0.3, 0.4) is 0 Å². The molecule has 0 heterocycles. The Kier molecular flexibility index (Phi) is 13.1. The van der Waals surface area contributed by atoms with Gasteiger partial charge in [-0.1, -0.05) is 71.2 Å². The van der Waals surface area contributed by atoms with Gasteiger partial charge in [0.1, 0.15) is 18.3 Å². The molecule has 0 fully saturated rings. The summed E-state index contributed by atoms with van der Waals surface area (Å²) in [4.78, 5) is 30.1. The largest absolute Gasteiger partial charge is 0.495 e. The molecule has 272 valence electrons. The Balaban J connectivity index is 1.91.